The van der Waals surface area contributed by atoms with Crippen LogP contribution in [-0.4, -0.2) is 29.9 Å². The number of benzene rings is 1. The number of thiophene rings is 1. The number of halogens is 1. The van der Waals surface area contributed by atoms with Crippen molar-refractivity contribution in [2.24, 2.45) is 0 Å². The van der Waals surface area contributed by atoms with Gasteiger partial charge in [0.1, 0.15) is 4.83 Å². The van der Waals surface area contributed by atoms with Crippen molar-refractivity contribution < 1.29 is 4.79 Å². The average Bonchev–Trinajstić information content (AvgIpc) is 3.34. The Hall–Kier alpha value is -3.36. The van der Waals surface area contributed by atoms with E-state index in [-0.39, 0.29) is 12.3 Å². The van der Waals surface area contributed by atoms with E-state index < -0.39 is 5.69 Å². The Morgan fingerprint density at radius 1 is 1.16 bits per heavy atom. The molecule has 0 radical (unpaired) electrons. The maximum atomic E-state index is 13.4. The fraction of sp³-hybridized carbons (Fsp3) is 0.136. The van der Waals surface area contributed by atoms with Crippen LogP contribution >= 0.6 is 22.9 Å². The summed E-state index contributed by atoms with van der Waals surface area (Å²) in [5.41, 5.74) is 2.30. The Kier molecular flexibility index (Phi) is 4.68. The SMILES string of the molecule is Cc1sc2c(c1C)c1nc(-c3cccnc3)nn1c(=O)n2CC(=O)c1ccc(Cl)cc1. The molecule has 0 aliphatic carbocycles. The van der Waals surface area contributed by atoms with Gasteiger partial charge < -0.3 is 0 Å². The van der Waals surface area contributed by atoms with E-state index in [2.05, 4.69) is 15.1 Å². The number of carbonyl (C=O) groups is 1. The van der Waals surface area contributed by atoms with Gasteiger partial charge in [0, 0.05) is 33.4 Å². The van der Waals surface area contributed by atoms with Crippen LogP contribution in [0.1, 0.15) is 20.8 Å². The van der Waals surface area contributed by atoms with E-state index in [0.29, 0.717) is 32.5 Å². The molecule has 1 aromatic carbocycles. The van der Waals surface area contributed by atoms with Gasteiger partial charge in [0.15, 0.2) is 17.3 Å². The molecule has 5 rings (SSSR count). The van der Waals surface area contributed by atoms with Crippen LogP contribution in [-0.2, 0) is 6.54 Å². The number of hydrogen-bond donors (Lipinski definition) is 0. The van der Waals surface area contributed by atoms with Gasteiger partial charge in [-0.2, -0.15) is 4.52 Å². The van der Waals surface area contributed by atoms with Crippen molar-refractivity contribution in [1.82, 2.24) is 24.1 Å². The number of carbonyl (C=O) groups excluding carboxylic acids is 1. The largest absolute Gasteiger partial charge is 0.352 e. The first-order valence-electron chi connectivity index (χ1n) is 9.52. The van der Waals surface area contributed by atoms with Gasteiger partial charge >= 0.3 is 5.69 Å². The molecule has 0 atom stereocenters. The number of pyridine rings is 1. The van der Waals surface area contributed by atoms with Crippen molar-refractivity contribution in [3.63, 3.8) is 0 Å². The van der Waals surface area contributed by atoms with Crippen LogP contribution in [0.3, 0.4) is 0 Å². The monoisotopic (exact) mass is 449 g/mol. The molecule has 0 fully saturated rings. The first kappa shape index (κ1) is 19.6. The molecule has 4 heterocycles. The van der Waals surface area contributed by atoms with Gasteiger partial charge in [0.25, 0.3) is 0 Å². The van der Waals surface area contributed by atoms with E-state index in [4.69, 9.17) is 11.6 Å². The second-order valence-corrected chi connectivity index (χ2v) is 8.81. The lowest BCUT2D eigenvalue weighted by atomic mass is 10.1. The summed E-state index contributed by atoms with van der Waals surface area (Å²) < 4.78 is 2.75. The summed E-state index contributed by atoms with van der Waals surface area (Å²) in [6.07, 6.45) is 3.32. The number of nitrogens with zero attached hydrogens (tertiary/aromatic N) is 5. The maximum Gasteiger partial charge on any atom is 0.352 e. The number of aromatic nitrogens is 5. The molecular formula is C22H16ClN5O2S. The summed E-state index contributed by atoms with van der Waals surface area (Å²) in [5, 5.41) is 5.82. The molecule has 31 heavy (non-hydrogen) atoms. The van der Waals surface area contributed by atoms with Crippen LogP contribution < -0.4 is 5.69 Å². The zero-order chi connectivity index (χ0) is 21.7. The Labute approximate surface area is 185 Å². The topological polar surface area (TPSA) is 82.2 Å². The highest BCUT2D eigenvalue weighted by molar-refractivity contribution is 7.19. The number of Topliss-reactive ketones (excluding diaryl/α,β-unsaturated/α-hetero) is 1. The van der Waals surface area contributed by atoms with Gasteiger partial charge in [0.05, 0.1) is 11.9 Å². The number of hydrogen-bond acceptors (Lipinski definition) is 6. The molecule has 0 aliphatic heterocycles. The fourth-order valence-electron chi connectivity index (χ4n) is 3.50. The van der Waals surface area contributed by atoms with E-state index in [0.717, 1.165) is 15.8 Å². The van der Waals surface area contributed by atoms with Crippen molar-refractivity contribution in [2.45, 2.75) is 20.4 Å². The molecule has 0 bridgehead atoms. The van der Waals surface area contributed by atoms with Crippen LogP contribution in [0, 0.1) is 13.8 Å². The van der Waals surface area contributed by atoms with Crippen LogP contribution in [0.15, 0.2) is 53.6 Å². The van der Waals surface area contributed by atoms with E-state index in [9.17, 15) is 9.59 Å². The van der Waals surface area contributed by atoms with Gasteiger partial charge in [0.2, 0.25) is 0 Å². The van der Waals surface area contributed by atoms with Crippen molar-refractivity contribution in [3.05, 3.63) is 80.3 Å². The van der Waals surface area contributed by atoms with Crippen LogP contribution in [0.25, 0.3) is 27.3 Å². The van der Waals surface area contributed by atoms with Crippen LogP contribution in [0.2, 0.25) is 5.02 Å². The van der Waals surface area contributed by atoms with Crippen LogP contribution in [0.4, 0.5) is 0 Å². The summed E-state index contributed by atoms with van der Waals surface area (Å²) in [7, 11) is 0. The second kappa shape index (κ2) is 7.40. The summed E-state index contributed by atoms with van der Waals surface area (Å²) >= 11 is 7.41. The van der Waals surface area contributed by atoms with Gasteiger partial charge in [-0.1, -0.05) is 11.6 Å². The maximum absolute atomic E-state index is 13.4. The van der Waals surface area contributed by atoms with E-state index in [1.807, 2.05) is 19.9 Å². The quantitative estimate of drug-likeness (QED) is 0.381. The highest BCUT2D eigenvalue weighted by atomic mass is 35.5. The third-order valence-corrected chi connectivity index (χ3v) is 6.72. The Morgan fingerprint density at radius 3 is 2.65 bits per heavy atom. The second-order valence-electron chi connectivity index (χ2n) is 7.17. The molecule has 154 valence electrons. The number of rotatable bonds is 4. The normalized spacial score (nSPS) is 11.5. The number of aryl methyl sites for hydroxylation is 2. The zero-order valence-electron chi connectivity index (χ0n) is 16.7. The predicted octanol–water partition coefficient (Wildman–Crippen LogP) is 4.32. The molecule has 0 unspecified atom stereocenters. The summed E-state index contributed by atoms with van der Waals surface area (Å²) in [4.78, 5) is 36.8. The first-order chi connectivity index (χ1) is 14.9. The van der Waals surface area contributed by atoms with E-state index >= 15 is 0 Å². The highest BCUT2D eigenvalue weighted by Gasteiger charge is 2.22. The van der Waals surface area contributed by atoms with Gasteiger partial charge in [-0.05, 0) is 55.8 Å². The molecule has 0 aliphatic rings. The Morgan fingerprint density at radius 2 is 1.94 bits per heavy atom. The van der Waals surface area contributed by atoms with E-state index in [1.54, 1.807) is 42.7 Å². The molecule has 7 nitrogen and oxygen atoms in total. The van der Waals surface area contributed by atoms with Crippen molar-refractivity contribution in [2.75, 3.05) is 0 Å². The van der Waals surface area contributed by atoms with Gasteiger partial charge in [-0.25, -0.2) is 9.78 Å². The van der Waals surface area contributed by atoms with Gasteiger partial charge in [-0.15, -0.1) is 16.4 Å². The molecular weight excluding hydrogens is 434 g/mol. The zero-order valence-corrected chi connectivity index (χ0v) is 18.2. The minimum Gasteiger partial charge on any atom is -0.292 e. The predicted molar refractivity (Wildman–Crippen MR) is 121 cm³/mol. The minimum absolute atomic E-state index is 0.103. The average molecular weight is 450 g/mol. The van der Waals surface area contributed by atoms with Crippen molar-refractivity contribution in [1.29, 1.82) is 0 Å². The Bertz CT molecular complexity index is 1520. The molecule has 0 N–H and O–H groups in total. The van der Waals surface area contributed by atoms with Crippen LogP contribution in [0.5, 0.6) is 0 Å². The summed E-state index contributed by atoms with van der Waals surface area (Å²) in [5.74, 6) is 0.229. The smallest absolute Gasteiger partial charge is 0.292 e. The minimum atomic E-state index is -0.409. The standard InChI is InChI=1S/C22H16ClN5O2S/c1-12-13(2)31-21-18(12)20-25-19(15-4-3-9-24-10-15)26-28(20)22(30)27(21)11-17(29)14-5-7-16(23)8-6-14/h3-10H,11H2,1-2H3. The summed E-state index contributed by atoms with van der Waals surface area (Å²) in [6.45, 7) is 3.88. The number of fused-ring (bicyclic) bond motifs is 3. The van der Waals surface area contributed by atoms with Gasteiger partial charge in [-0.3, -0.25) is 14.3 Å². The highest BCUT2D eigenvalue weighted by Crippen LogP contribution is 2.32. The van der Waals surface area contributed by atoms with Crippen molar-refractivity contribution >= 4 is 44.6 Å². The third kappa shape index (κ3) is 3.24. The Balaban J connectivity index is 1.73. The molecule has 0 amide bonds. The molecule has 4 aromatic heterocycles. The molecule has 0 spiro atoms. The number of ketones is 1. The van der Waals surface area contributed by atoms with Crippen molar-refractivity contribution in [3.8, 4) is 11.4 Å². The summed E-state index contributed by atoms with van der Waals surface area (Å²) in [6, 6.07) is 10.3. The lowest BCUT2D eigenvalue weighted by Gasteiger charge is -2.08. The fourth-order valence-corrected chi connectivity index (χ4v) is 4.77. The lowest BCUT2D eigenvalue weighted by Crippen LogP contribution is -2.30. The molecule has 0 saturated heterocycles. The first-order valence-corrected chi connectivity index (χ1v) is 10.7. The molecule has 9 heteroatoms. The third-order valence-electron chi connectivity index (χ3n) is 5.24. The lowest BCUT2D eigenvalue weighted by molar-refractivity contribution is 0.0972. The van der Waals surface area contributed by atoms with E-state index in [1.165, 1.54) is 20.4 Å². The molecule has 5 aromatic rings. The molecule has 0 saturated carbocycles.